The highest BCUT2D eigenvalue weighted by Gasteiger charge is 2.30. The van der Waals surface area contributed by atoms with Crippen LogP contribution in [0.5, 0.6) is 5.88 Å². The lowest BCUT2D eigenvalue weighted by molar-refractivity contribution is -0.120. The molecule has 2 aromatic heterocycles. The lowest BCUT2D eigenvalue weighted by Crippen LogP contribution is -2.52. The zero-order valence-electron chi connectivity index (χ0n) is 17.8. The molecule has 3 rings (SSSR count). The molecule has 160 valence electrons. The average molecular weight is 413 g/mol. The number of hydrogen-bond acceptors (Lipinski definition) is 6. The van der Waals surface area contributed by atoms with Gasteiger partial charge in [-0.25, -0.2) is 4.79 Å². The van der Waals surface area contributed by atoms with Crippen molar-refractivity contribution >= 4 is 34.9 Å². The van der Waals surface area contributed by atoms with Crippen molar-refractivity contribution < 1.29 is 19.1 Å². The molecule has 0 aromatic carbocycles. The lowest BCUT2D eigenvalue weighted by Gasteiger charge is -2.33. The molecule has 0 bridgehead atoms. The Labute approximate surface area is 175 Å². The number of anilines is 1. The number of rotatable bonds is 6. The van der Waals surface area contributed by atoms with Crippen molar-refractivity contribution in [1.82, 2.24) is 14.5 Å². The van der Waals surface area contributed by atoms with Crippen molar-refractivity contribution in [2.45, 2.75) is 27.2 Å². The molecule has 2 amide bonds. The maximum atomic E-state index is 12.7. The fraction of sp³-hybridized carbons (Fsp3) is 0.429. The first-order chi connectivity index (χ1) is 14.4. The van der Waals surface area contributed by atoms with Gasteiger partial charge in [-0.3, -0.25) is 14.7 Å². The third-order valence-corrected chi connectivity index (χ3v) is 4.66. The summed E-state index contributed by atoms with van der Waals surface area (Å²) in [4.78, 5) is 36.6. The molecule has 0 radical (unpaired) electrons. The molecule has 0 unspecified atom stereocenters. The van der Waals surface area contributed by atoms with Crippen molar-refractivity contribution in [2.24, 2.45) is 12.0 Å². The van der Waals surface area contributed by atoms with Gasteiger partial charge in [0.15, 0.2) is 0 Å². The van der Waals surface area contributed by atoms with Crippen molar-refractivity contribution in [3.8, 4) is 5.88 Å². The van der Waals surface area contributed by atoms with Crippen LogP contribution >= 0.6 is 0 Å². The highest BCUT2D eigenvalue weighted by molar-refractivity contribution is 6.04. The molecule has 1 saturated heterocycles. The molecule has 9 heteroatoms. The normalized spacial score (nSPS) is 15.3. The van der Waals surface area contributed by atoms with Crippen LogP contribution in [-0.4, -0.2) is 58.9 Å². The van der Waals surface area contributed by atoms with Crippen molar-refractivity contribution in [3.05, 3.63) is 30.3 Å². The first kappa shape index (κ1) is 21.4. The first-order valence-electron chi connectivity index (χ1n) is 9.94. The predicted octanol–water partition coefficient (Wildman–Crippen LogP) is 3.10. The van der Waals surface area contributed by atoms with Crippen LogP contribution in [0, 0.1) is 0 Å². The lowest BCUT2D eigenvalue weighted by atomic mass is 10.2. The average Bonchev–Trinajstić information content (AvgIpc) is 3.06. The second-order valence-electron chi connectivity index (χ2n) is 6.99. The fourth-order valence-electron chi connectivity index (χ4n) is 3.24. The molecule has 1 aliphatic rings. The predicted molar refractivity (Wildman–Crippen MR) is 115 cm³/mol. The summed E-state index contributed by atoms with van der Waals surface area (Å²) >= 11 is 0. The van der Waals surface area contributed by atoms with Gasteiger partial charge in [0.25, 0.3) is 0 Å². The highest BCUT2D eigenvalue weighted by atomic mass is 16.6. The maximum Gasteiger partial charge on any atom is 0.410 e. The molecule has 0 aliphatic carbocycles. The van der Waals surface area contributed by atoms with E-state index < -0.39 is 6.09 Å². The van der Waals surface area contributed by atoms with Gasteiger partial charge < -0.3 is 18.9 Å². The molecule has 30 heavy (non-hydrogen) atoms. The molecule has 0 spiro atoms. The Morgan fingerprint density at radius 2 is 2.13 bits per heavy atom. The number of fused-ring (bicyclic) bond motifs is 1. The van der Waals surface area contributed by atoms with Crippen LogP contribution in [0.4, 0.5) is 10.5 Å². The Balaban J connectivity index is 1.78. The van der Waals surface area contributed by atoms with Gasteiger partial charge in [-0.1, -0.05) is 6.92 Å². The van der Waals surface area contributed by atoms with Crippen LogP contribution in [0.15, 0.2) is 35.3 Å². The molecule has 0 atom stereocenters. The molecular formula is C21H27N5O4. The number of allylic oxidation sites excluding steroid dienone is 1. The van der Waals surface area contributed by atoms with Crippen molar-refractivity contribution in [2.75, 3.05) is 31.1 Å². The summed E-state index contributed by atoms with van der Waals surface area (Å²) in [7, 11) is 1.87. The SMILES string of the molecule is CC=N/C(C)=C/Oc1ccc2c(N3CCN(C(=O)OCCC)CC3=O)cn(C)c2n1. The van der Waals surface area contributed by atoms with Gasteiger partial charge in [0.05, 0.1) is 18.0 Å². The van der Waals surface area contributed by atoms with E-state index in [0.717, 1.165) is 23.2 Å². The van der Waals surface area contributed by atoms with Gasteiger partial charge in [0.1, 0.15) is 18.5 Å². The zero-order chi connectivity index (χ0) is 21.7. The fourth-order valence-corrected chi connectivity index (χ4v) is 3.24. The van der Waals surface area contributed by atoms with Crippen LogP contribution < -0.4 is 9.64 Å². The molecule has 1 aliphatic heterocycles. The third kappa shape index (κ3) is 4.61. The monoisotopic (exact) mass is 413 g/mol. The molecule has 9 nitrogen and oxygen atoms in total. The van der Waals surface area contributed by atoms with E-state index in [2.05, 4.69) is 9.98 Å². The molecule has 1 fully saturated rings. The van der Waals surface area contributed by atoms with E-state index in [4.69, 9.17) is 9.47 Å². The Kier molecular flexibility index (Phi) is 6.71. The van der Waals surface area contributed by atoms with Crippen LogP contribution in [0.25, 0.3) is 11.0 Å². The van der Waals surface area contributed by atoms with E-state index in [9.17, 15) is 9.59 Å². The summed E-state index contributed by atoms with van der Waals surface area (Å²) in [5.74, 6) is 0.286. The van der Waals surface area contributed by atoms with E-state index in [-0.39, 0.29) is 12.5 Å². The second-order valence-corrected chi connectivity index (χ2v) is 6.99. The van der Waals surface area contributed by atoms with E-state index in [0.29, 0.717) is 31.2 Å². The number of amides is 2. The smallest absolute Gasteiger partial charge is 0.410 e. The number of hydrogen-bond donors (Lipinski definition) is 0. The van der Waals surface area contributed by atoms with E-state index in [1.807, 2.05) is 44.6 Å². The summed E-state index contributed by atoms with van der Waals surface area (Å²) < 4.78 is 12.6. The molecule has 2 aromatic rings. The number of carbonyl (C=O) groups is 2. The summed E-state index contributed by atoms with van der Waals surface area (Å²) in [6.07, 6.45) is 5.40. The first-order valence-corrected chi connectivity index (χ1v) is 9.94. The topological polar surface area (TPSA) is 89.3 Å². The quantitative estimate of drug-likeness (QED) is 0.536. The molecule has 0 saturated carbocycles. The summed E-state index contributed by atoms with van der Waals surface area (Å²) in [6, 6.07) is 3.64. The minimum Gasteiger partial charge on any atom is -0.449 e. The Bertz CT molecular complexity index is 995. The summed E-state index contributed by atoms with van der Waals surface area (Å²) in [5, 5.41) is 0.840. The Hall–Kier alpha value is -3.36. The number of aryl methyl sites for hydroxylation is 1. The Morgan fingerprint density at radius 1 is 1.33 bits per heavy atom. The summed E-state index contributed by atoms with van der Waals surface area (Å²) in [5.41, 5.74) is 2.19. The highest BCUT2D eigenvalue weighted by Crippen LogP contribution is 2.30. The standard InChI is InChI=1S/C21H27N5O4/c1-5-11-29-21(28)25-9-10-26(19(27)13-25)17-12-24(4)20-16(17)7-8-18(23-20)30-14-15(3)22-6-2/h6-8,12,14H,5,9-11,13H2,1-4H3/b15-14+,22-6?. The van der Waals surface area contributed by atoms with Gasteiger partial charge in [-0.2, -0.15) is 4.98 Å². The zero-order valence-corrected chi connectivity index (χ0v) is 17.8. The summed E-state index contributed by atoms with van der Waals surface area (Å²) in [6.45, 7) is 6.76. The van der Waals surface area contributed by atoms with Gasteiger partial charge in [-0.15, -0.1) is 0 Å². The molecular weight excluding hydrogens is 386 g/mol. The van der Waals surface area contributed by atoms with Gasteiger partial charge in [0, 0.05) is 44.0 Å². The molecule has 0 N–H and O–H groups in total. The van der Waals surface area contributed by atoms with Crippen LogP contribution in [0.1, 0.15) is 27.2 Å². The number of piperazine rings is 1. The van der Waals surface area contributed by atoms with Gasteiger partial charge >= 0.3 is 6.09 Å². The molecule has 3 heterocycles. The maximum absolute atomic E-state index is 12.7. The van der Waals surface area contributed by atoms with E-state index >= 15 is 0 Å². The number of aliphatic imine (C=N–C) groups is 1. The number of pyridine rings is 1. The number of carbonyl (C=O) groups excluding carboxylic acids is 2. The number of nitrogens with zero attached hydrogens (tertiary/aromatic N) is 5. The van der Waals surface area contributed by atoms with Crippen LogP contribution in [0.3, 0.4) is 0 Å². The Morgan fingerprint density at radius 3 is 2.83 bits per heavy atom. The minimum absolute atomic E-state index is 0.00439. The minimum atomic E-state index is -0.443. The number of ether oxygens (including phenoxy) is 2. The number of aromatic nitrogens is 2. The van der Waals surface area contributed by atoms with Gasteiger partial charge in [-0.05, 0) is 26.3 Å². The van der Waals surface area contributed by atoms with Crippen LogP contribution in [-0.2, 0) is 16.6 Å². The largest absolute Gasteiger partial charge is 0.449 e. The second kappa shape index (κ2) is 9.43. The van der Waals surface area contributed by atoms with Crippen molar-refractivity contribution in [3.63, 3.8) is 0 Å². The van der Waals surface area contributed by atoms with Crippen LogP contribution in [0.2, 0.25) is 0 Å². The third-order valence-electron chi connectivity index (χ3n) is 4.66. The van der Waals surface area contributed by atoms with Crippen molar-refractivity contribution in [1.29, 1.82) is 0 Å². The van der Waals surface area contributed by atoms with E-state index in [1.54, 1.807) is 23.4 Å². The van der Waals surface area contributed by atoms with E-state index in [1.165, 1.54) is 4.90 Å². The van der Waals surface area contributed by atoms with Gasteiger partial charge in [0.2, 0.25) is 11.8 Å².